The van der Waals surface area contributed by atoms with Gasteiger partial charge in [-0.15, -0.1) is 0 Å². The van der Waals surface area contributed by atoms with Gasteiger partial charge in [0.1, 0.15) is 6.04 Å². The number of hydrogen-bond donors (Lipinski definition) is 1. The predicted octanol–water partition coefficient (Wildman–Crippen LogP) is 6.01. The van der Waals surface area contributed by atoms with Gasteiger partial charge in [0.05, 0.1) is 0 Å². The Morgan fingerprint density at radius 1 is 0.939 bits per heavy atom. The van der Waals surface area contributed by atoms with Crippen molar-refractivity contribution in [3.8, 4) is 0 Å². The van der Waals surface area contributed by atoms with Gasteiger partial charge in [-0.3, -0.25) is 9.59 Å². The van der Waals surface area contributed by atoms with E-state index >= 15 is 0 Å². The topological polar surface area (TPSA) is 49.4 Å². The molecule has 174 valence electrons. The minimum absolute atomic E-state index is 0.0469. The minimum atomic E-state index is -0.542. The summed E-state index contributed by atoms with van der Waals surface area (Å²) < 4.78 is 0. The average molecular weight is 465 g/mol. The van der Waals surface area contributed by atoms with Gasteiger partial charge in [-0.25, -0.2) is 0 Å². The Labute approximate surface area is 201 Å². The van der Waals surface area contributed by atoms with E-state index < -0.39 is 6.04 Å². The quantitative estimate of drug-likeness (QED) is 0.399. The number of aryl methyl sites for hydroxylation is 1. The molecule has 0 heterocycles. The molecule has 1 atom stereocenters. The molecule has 5 heteroatoms. The molecule has 0 fully saturated rings. The van der Waals surface area contributed by atoms with Crippen LogP contribution < -0.4 is 5.32 Å². The number of amides is 2. The third kappa shape index (κ3) is 6.58. The number of halogens is 1. The number of nitrogens with zero attached hydrogens (tertiary/aromatic N) is 1. The van der Waals surface area contributed by atoms with Gasteiger partial charge >= 0.3 is 0 Å². The van der Waals surface area contributed by atoms with Crippen molar-refractivity contribution in [1.82, 2.24) is 10.2 Å². The Hall–Kier alpha value is -2.85. The van der Waals surface area contributed by atoms with E-state index in [0.29, 0.717) is 43.3 Å². The highest BCUT2D eigenvalue weighted by Gasteiger charge is 2.29. The highest BCUT2D eigenvalue weighted by atomic mass is 35.5. The Kier molecular flexibility index (Phi) is 8.90. The summed E-state index contributed by atoms with van der Waals surface area (Å²) in [5.74, 6) is 0.178. The van der Waals surface area contributed by atoms with E-state index in [-0.39, 0.29) is 11.8 Å². The number of rotatable bonds is 10. The van der Waals surface area contributed by atoms with Gasteiger partial charge in [0.2, 0.25) is 11.8 Å². The first-order valence-electron chi connectivity index (χ1n) is 11.7. The van der Waals surface area contributed by atoms with Crippen LogP contribution in [0.25, 0.3) is 10.8 Å². The molecule has 3 aromatic carbocycles. The lowest BCUT2D eigenvalue weighted by atomic mass is 10.00. The third-order valence-electron chi connectivity index (χ3n) is 5.86. The Bertz CT molecular complexity index is 1090. The number of fused-ring (bicyclic) bond motifs is 1. The molecule has 3 rings (SSSR count). The van der Waals surface area contributed by atoms with Crippen molar-refractivity contribution in [1.29, 1.82) is 0 Å². The maximum atomic E-state index is 13.5. The second-order valence-electron chi connectivity index (χ2n) is 8.81. The molecule has 0 bridgehead atoms. The van der Waals surface area contributed by atoms with Gasteiger partial charge in [0.15, 0.2) is 0 Å². The van der Waals surface area contributed by atoms with Crippen LogP contribution in [0.1, 0.15) is 44.7 Å². The van der Waals surface area contributed by atoms with E-state index in [9.17, 15) is 9.59 Å². The molecule has 33 heavy (non-hydrogen) atoms. The molecule has 1 N–H and O–H groups in total. The first-order chi connectivity index (χ1) is 15.9. The molecule has 0 aromatic heterocycles. The van der Waals surface area contributed by atoms with E-state index in [1.165, 1.54) is 0 Å². The molecule has 0 aliphatic heterocycles. The largest absolute Gasteiger partial charge is 0.354 e. The van der Waals surface area contributed by atoms with Gasteiger partial charge in [0.25, 0.3) is 0 Å². The highest BCUT2D eigenvalue weighted by Crippen LogP contribution is 2.23. The zero-order chi connectivity index (χ0) is 23.8. The lowest BCUT2D eigenvalue weighted by molar-refractivity contribution is -0.141. The maximum absolute atomic E-state index is 13.5. The van der Waals surface area contributed by atoms with Crippen molar-refractivity contribution in [3.05, 3.63) is 82.9 Å². The number of hydrogen-bond acceptors (Lipinski definition) is 2. The molecule has 0 saturated heterocycles. The van der Waals surface area contributed by atoms with E-state index in [1.807, 2.05) is 49.4 Å². The van der Waals surface area contributed by atoms with Gasteiger partial charge in [-0.1, -0.05) is 93.0 Å². The molecule has 2 amide bonds. The second-order valence-corrected chi connectivity index (χ2v) is 9.22. The van der Waals surface area contributed by atoms with Crippen LogP contribution in [0.15, 0.2) is 66.7 Å². The van der Waals surface area contributed by atoms with Crippen molar-refractivity contribution < 1.29 is 9.59 Å². The highest BCUT2D eigenvalue weighted by molar-refractivity contribution is 6.31. The summed E-state index contributed by atoms with van der Waals surface area (Å²) in [4.78, 5) is 28.2. The van der Waals surface area contributed by atoms with E-state index in [0.717, 1.165) is 21.9 Å². The van der Waals surface area contributed by atoms with Crippen molar-refractivity contribution >= 4 is 34.2 Å². The normalized spacial score (nSPS) is 12.0. The van der Waals surface area contributed by atoms with Gasteiger partial charge in [-0.2, -0.15) is 0 Å². The summed E-state index contributed by atoms with van der Waals surface area (Å²) in [7, 11) is 0. The SMILES string of the molecule is CC[C@@H](C(=O)NCC(C)C)N(Cc1ccccc1Cl)C(=O)CCc1cccc2ccccc12. The summed E-state index contributed by atoms with van der Waals surface area (Å²) >= 11 is 6.40. The summed E-state index contributed by atoms with van der Waals surface area (Å²) in [6.07, 6.45) is 1.48. The monoisotopic (exact) mass is 464 g/mol. The standard InChI is InChI=1S/C28H33ClN2O2/c1-4-26(28(33)30-18-20(2)3)31(19-23-11-6-8-15-25(23)29)27(32)17-16-22-13-9-12-21-10-5-7-14-24(21)22/h5-15,20,26H,4,16-19H2,1-3H3,(H,30,33)/t26-/m0/s1. The fourth-order valence-corrected chi connectivity index (χ4v) is 4.24. The Morgan fingerprint density at radius 2 is 1.61 bits per heavy atom. The van der Waals surface area contributed by atoms with Gasteiger partial charge in [0, 0.05) is 24.5 Å². The summed E-state index contributed by atoms with van der Waals surface area (Å²) in [6, 6.07) is 21.3. The van der Waals surface area contributed by atoms with Crippen molar-refractivity contribution in [2.24, 2.45) is 5.92 Å². The first-order valence-corrected chi connectivity index (χ1v) is 12.1. The second kappa shape index (κ2) is 11.9. The van der Waals surface area contributed by atoms with E-state index in [4.69, 9.17) is 11.6 Å². The summed E-state index contributed by atoms with van der Waals surface area (Å²) in [5, 5.41) is 5.92. The van der Waals surface area contributed by atoms with Crippen LogP contribution in [0.5, 0.6) is 0 Å². The predicted molar refractivity (Wildman–Crippen MR) is 136 cm³/mol. The molecule has 0 spiro atoms. The molecule has 0 unspecified atom stereocenters. The van der Waals surface area contributed by atoms with Crippen LogP contribution in [-0.2, 0) is 22.6 Å². The van der Waals surface area contributed by atoms with Crippen LogP contribution in [0.3, 0.4) is 0 Å². The van der Waals surface area contributed by atoms with E-state index in [1.54, 1.807) is 4.90 Å². The maximum Gasteiger partial charge on any atom is 0.242 e. The fourth-order valence-electron chi connectivity index (χ4n) is 4.05. The lowest BCUT2D eigenvalue weighted by Gasteiger charge is -2.31. The van der Waals surface area contributed by atoms with Crippen LogP contribution in [0, 0.1) is 5.92 Å². The zero-order valence-corrected chi connectivity index (χ0v) is 20.4. The lowest BCUT2D eigenvalue weighted by Crippen LogP contribution is -2.49. The number of carbonyl (C=O) groups is 2. The molecule has 0 aliphatic rings. The third-order valence-corrected chi connectivity index (χ3v) is 6.23. The Morgan fingerprint density at radius 3 is 2.33 bits per heavy atom. The molecule has 0 radical (unpaired) electrons. The van der Waals surface area contributed by atoms with Gasteiger partial charge in [-0.05, 0) is 46.7 Å². The van der Waals surface area contributed by atoms with Crippen LogP contribution >= 0.6 is 11.6 Å². The number of benzene rings is 3. The van der Waals surface area contributed by atoms with Crippen LogP contribution in [0.2, 0.25) is 5.02 Å². The van der Waals surface area contributed by atoms with E-state index in [2.05, 4.69) is 43.4 Å². The van der Waals surface area contributed by atoms with Crippen molar-refractivity contribution in [2.45, 2.75) is 52.6 Å². The van der Waals surface area contributed by atoms with Crippen LogP contribution in [0.4, 0.5) is 0 Å². The fraction of sp³-hybridized carbons (Fsp3) is 0.357. The smallest absolute Gasteiger partial charge is 0.242 e. The molecular formula is C28H33ClN2O2. The molecule has 4 nitrogen and oxygen atoms in total. The minimum Gasteiger partial charge on any atom is -0.354 e. The van der Waals surface area contributed by atoms with Crippen molar-refractivity contribution in [2.75, 3.05) is 6.54 Å². The number of nitrogens with one attached hydrogen (secondary N) is 1. The molecular weight excluding hydrogens is 432 g/mol. The number of carbonyl (C=O) groups excluding carboxylic acids is 2. The molecule has 3 aromatic rings. The molecule has 0 saturated carbocycles. The summed E-state index contributed by atoms with van der Waals surface area (Å²) in [6.45, 7) is 6.94. The van der Waals surface area contributed by atoms with Crippen molar-refractivity contribution in [3.63, 3.8) is 0 Å². The van der Waals surface area contributed by atoms with Crippen LogP contribution in [-0.4, -0.2) is 29.3 Å². The molecule has 0 aliphatic carbocycles. The Balaban J connectivity index is 1.83. The first kappa shape index (κ1) is 24.8. The zero-order valence-electron chi connectivity index (χ0n) is 19.7. The summed E-state index contributed by atoms with van der Waals surface area (Å²) in [5.41, 5.74) is 1.98. The van der Waals surface area contributed by atoms with Gasteiger partial charge < -0.3 is 10.2 Å². The average Bonchev–Trinajstić information content (AvgIpc) is 2.82.